The van der Waals surface area contributed by atoms with E-state index in [1.807, 2.05) is 0 Å². The van der Waals surface area contributed by atoms with E-state index < -0.39 is 139 Å². The quantitative estimate of drug-likeness (QED) is 0.0261. The standard InChI is InChI=1S/C18H24N4O18.C18H32O2/c23-11(1-5-19(28)29)36-9-10-15(38-12(24)2-6-20(30)31)16(39-13(25)3-7-21(32)33)17(18(27)37-10)40-14(26)4-8-22(34)35;19-18(20)16-10-8-6-4-2-1-3-5-7-9-13-17-14-11-12-15-17/h10,15-18,27H,1-9H2;11,14,17H,1-10,12-13,15-16H2,(H,19,20). The Kier molecular flexibility index (Phi) is 26.9. The van der Waals surface area contributed by atoms with E-state index >= 15 is 0 Å². The van der Waals surface area contributed by atoms with Gasteiger partial charge in [0, 0.05) is 26.1 Å². The Morgan fingerprint density at radius 3 is 1.43 bits per heavy atom. The third-order valence-corrected chi connectivity index (χ3v) is 9.14. The number of aliphatic hydroxyl groups excluding tert-OH is 1. The summed E-state index contributed by atoms with van der Waals surface area (Å²) in [7, 11) is 0. The Morgan fingerprint density at radius 2 is 1.00 bits per heavy atom. The van der Waals surface area contributed by atoms with Crippen LogP contribution in [0, 0.1) is 46.4 Å². The topological polar surface area (TPSA) is 345 Å². The van der Waals surface area contributed by atoms with Gasteiger partial charge in [0.15, 0.2) is 24.6 Å². The lowest BCUT2D eigenvalue weighted by Crippen LogP contribution is -2.62. The summed E-state index contributed by atoms with van der Waals surface area (Å²) in [5, 5.41) is 61.2. The lowest BCUT2D eigenvalue weighted by molar-refractivity contribution is -0.479. The molecule has 6 atom stereocenters. The Balaban J connectivity index is 0.000000750. The maximum absolute atomic E-state index is 12.3. The number of hydrogen-bond donors (Lipinski definition) is 2. The molecular formula is C36H56N4O20. The first-order chi connectivity index (χ1) is 28.5. The van der Waals surface area contributed by atoms with E-state index in [2.05, 4.69) is 12.2 Å². The van der Waals surface area contributed by atoms with E-state index in [0.29, 0.717) is 6.42 Å². The summed E-state index contributed by atoms with van der Waals surface area (Å²) in [6.07, 6.45) is 8.73. The molecule has 0 spiro atoms. The predicted molar refractivity (Wildman–Crippen MR) is 202 cm³/mol. The number of rotatable bonds is 30. The van der Waals surface area contributed by atoms with Crippen LogP contribution in [-0.4, -0.2) is 123 Å². The Hall–Kier alpha value is -5.39. The first-order valence-electron chi connectivity index (χ1n) is 19.9. The predicted octanol–water partition coefficient (Wildman–Crippen LogP) is 3.37. The van der Waals surface area contributed by atoms with Gasteiger partial charge in [-0.3, -0.25) is 64.4 Å². The monoisotopic (exact) mass is 864 g/mol. The third-order valence-electron chi connectivity index (χ3n) is 9.14. The van der Waals surface area contributed by atoms with Crippen molar-refractivity contribution >= 4 is 29.8 Å². The average molecular weight is 865 g/mol. The van der Waals surface area contributed by atoms with Crippen LogP contribution >= 0.6 is 0 Å². The van der Waals surface area contributed by atoms with Crippen LogP contribution in [0.15, 0.2) is 12.2 Å². The third kappa shape index (κ3) is 25.9. The second-order valence-electron chi connectivity index (χ2n) is 14.1. The Morgan fingerprint density at radius 1 is 0.583 bits per heavy atom. The van der Waals surface area contributed by atoms with Crippen molar-refractivity contribution in [3.05, 3.63) is 52.6 Å². The number of nitrogens with zero attached hydrogens (tertiary/aromatic N) is 4. The van der Waals surface area contributed by atoms with Crippen molar-refractivity contribution in [3.8, 4) is 0 Å². The molecule has 1 saturated heterocycles. The average Bonchev–Trinajstić information content (AvgIpc) is 3.70. The summed E-state index contributed by atoms with van der Waals surface area (Å²) in [6.45, 7) is -4.46. The molecule has 0 aromatic heterocycles. The van der Waals surface area contributed by atoms with Crippen LogP contribution in [0.5, 0.6) is 0 Å². The van der Waals surface area contributed by atoms with Crippen molar-refractivity contribution < 1.29 is 77.6 Å². The highest BCUT2D eigenvalue weighted by Crippen LogP contribution is 2.29. The number of allylic oxidation sites excluding steroid dienone is 2. The van der Waals surface area contributed by atoms with Crippen LogP contribution in [0.4, 0.5) is 0 Å². The first kappa shape index (κ1) is 52.6. The maximum Gasteiger partial charge on any atom is 0.313 e. The molecule has 340 valence electrons. The molecule has 1 aliphatic carbocycles. The van der Waals surface area contributed by atoms with Crippen LogP contribution in [0.3, 0.4) is 0 Å². The van der Waals surface area contributed by atoms with Gasteiger partial charge in [0.1, 0.15) is 38.4 Å². The van der Waals surface area contributed by atoms with Crippen LogP contribution in [-0.2, 0) is 47.7 Å². The molecule has 24 nitrogen and oxygen atoms in total. The van der Waals surface area contributed by atoms with Crippen molar-refractivity contribution in [2.24, 2.45) is 5.92 Å². The number of nitro groups is 4. The van der Waals surface area contributed by atoms with Gasteiger partial charge in [-0.25, -0.2) is 0 Å². The van der Waals surface area contributed by atoms with Crippen molar-refractivity contribution in [1.82, 2.24) is 0 Å². The molecule has 2 N–H and O–H groups in total. The minimum absolute atomic E-state index is 0.343. The highest BCUT2D eigenvalue weighted by Gasteiger charge is 2.52. The zero-order chi connectivity index (χ0) is 44.9. The molecule has 2 rings (SSSR count). The fourth-order valence-electron chi connectivity index (χ4n) is 6.07. The molecule has 0 saturated carbocycles. The molecule has 60 heavy (non-hydrogen) atoms. The van der Waals surface area contributed by atoms with Crippen LogP contribution < -0.4 is 0 Å². The number of carboxylic acid groups (broad SMARTS) is 1. The van der Waals surface area contributed by atoms with E-state index in [1.165, 1.54) is 70.6 Å². The summed E-state index contributed by atoms with van der Waals surface area (Å²) in [5.74, 6) is -4.83. The van der Waals surface area contributed by atoms with E-state index in [-0.39, 0.29) is 0 Å². The largest absolute Gasteiger partial charge is 0.481 e. The van der Waals surface area contributed by atoms with Gasteiger partial charge in [0.05, 0.1) is 0 Å². The molecule has 0 aromatic carbocycles. The van der Waals surface area contributed by atoms with E-state index in [9.17, 15) is 69.5 Å². The number of hydrogen-bond acceptors (Lipinski definition) is 19. The maximum atomic E-state index is 12.3. The highest BCUT2D eigenvalue weighted by atomic mass is 16.7. The number of aliphatic carboxylic acids is 1. The lowest BCUT2D eigenvalue weighted by Gasteiger charge is -2.42. The summed E-state index contributed by atoms with van der Waals surface area (Å²) in [5.41, 5.74) is 0. The smallest absolute Gasteiger partial charge is 0.313 e. The minimum atomic E-state index is -2.22. The van der Waals surface area contributed by atoms with Gasteiger partial charge in [-0.15, -0.1) is 0 Å². The van der Waals surface area contributed by atoms with Crippen molar-refractivity contribution in [1.29, 1.82) is 0 Å². The van der Waals surface area contributed by atoms with Crippen LogP contribution in [0.1, 0.15) is 116 Å². The van der Waals surface area contributed by atoms with E-state index in [0.717, 1.165) is 18.8 Å². The fraction of sp³-hybridized carbons (Fsp3) is 0.806. The molecule has 1 aliphatic heterocycles. The zero-order valence-electron chi connectivity index (χ0n) is 33.4. The normalized spacial score (nSPS) is 20.5. The summed E-state index contributed by atoms with van der Waals surface area (Å²) in [4.78, 5) is 97.6. The summed E-state index contributed by atoms with van der Waals surface area (Å²) < 4.78 is 25.1. The van der Waals surface area contributed by atoms with Crippen LogP contribution in [0.2, 0.25) is 0 Å². The summed E-state index contributed by atoms with van der Waals surface area (Å²) >= 11 is 0. The summed E-state index contributed by atoms with van der Waals surface area (Å²) in [6, 6.07) is 0. The first-order valence-corrected chi connectivity index (χ1v) is 19.9. The number of carbonyl (C=O) groups is 5. The van der Waals surface area contributed by atoms with Gasteiger partial charge in [-0.2, -0.15) is 0 Å². The Bertz CT molecular complexity index is 1440. The van der Waals surface area contributed by atoms with Crippen molar-refractivity contribution in [2.75, 3.05) is 32.8 Å². The molecule has 6 unspecified atom stereocenters. The SMILES string of the molecule is O=C(CC[N+](=O)[O-])OCC1OC(O)C(OC(=O)CC[N+](=O)[O-])C(OC(=O)CC[N+](=O)[O-])C1OC(=O)CC[N+](=O)[O-].O=C(O)CCCCCCCCCCCCC1C=CCC1. The molecule has 0 aromatic rings. The number of carboxylic acids is 1. The molecule has 1 heterocycles. The molecule has 2 aliphatic rings. The van der Waals surface area contributed by atoms with E-state index in [1.54, 1.807) is 0 Å². The number of ether oxygens (including phenoxy) is 5. The number of aliphatic hydroxyl groups is 1. The molecule has 1 fully saturated rings. The molecular weight excluding hydrogens is 808 g/mol. The second-order valence-corrected chi connectivity index (χ2v) is 14.1. The minimum Gasteiger partial charge on any atom is -0.481 e. The molecule has 0 bridgehead atoms. The number of esters is 4. The lowest BCUT2D eigenvalue weighted by atomic mass is 9.98. The van der Waals surface area contributed by atoms with Gasteiger partial charge in [0.2, 0.25) is 26.2 Å². The molecule has 0 amide bonds. The molecule has 24 heteroatoms. The fourth-order valence-corrected chi connectivity index (χ4v) is 6.07. The van der Waals surface area contributed by atoms with Crippen molar-refractivity contribution in [3.63, 3.8) is 0 Å². The highest BCUT2D eigenvalue weighted by molar-refractivity contribution is 5.72. The van der Waals surface area contributed by atoms with Gasteiger partial charge in [-0.1, -0.05) is 69.9 Å². The van der Waals surface area contributed by atoms with E-state index in [4.69, 9.17) is 28.8 Å². The van der Waals surface area contributed by atoms with Crippen molar-refractivity contribution in [2.45, 2.75) is 146 Å². The van der Waals surface area contributed by atoms with Gasteiger partial charge < -0.3 is 33.9 Å². The second kappa shape index (κ2) is 30.6. The van der Waals surface area contributed by atoms with Gasteiger partial charge in [-0.05, 0) is 31.6 Å². The van der Waals surface area contributed by atoms with Gasteiger partial charge >= 0.3 is 29.8 Å². The molecule has 0 radical (unpaired) electrons. The zero-order valence-corrected chi connectivity index (χ0v) is 33.4. The van der Waals surface area contributed by atoms with Gasteiger partial charge in [0.25, 0.3) is 0 Å². The Labute approximate surface area is 344 Å². The van der Waals surface area contributed by atoms with Crippen LogP contribution in [0.25, 0.3) is 0 Å². The number of unbranched alkanes of at least 4 members (excludes halogenated alkanes) is 9. The number of carbonyl (C=O) groups excluding carboxylic acids is 4.